The molecule has 146 valence electrons. The highest BCUT2D eigenvalue weighted by molar-refractivity contribution is 6.30. The van der Waals surface area contributed by atoms with Gasteiger partial charge in [-0.3, -0.25) is 4.79 Å². The maximum Gasteiger partial charge on any atom is 0.276 e. The molecule has 0 bridgehead atoms. The molecule has 7 nitrogen and oxygen atoms in total. The van der Waals surface area contributed by atoms with Crippen molar-refractivity contribution in [3.63, 3.8) is 0 Å². The summed E-state index contributed by atoms with van der Waals surface area (Å²) in [4.78, 5) is 16.9. The summed E-state index contributed by atoms with van der Waals surface area (Å²) in [6.07, 6.45) is 3.85. The van der Waals surface area contributed by atoms with Crippen molar-refractivity contribution in [2.45, 2.75) is 18.9 Å². The molecule has 4 rings (SSSR count). The molecule has 0 spiro atoms. The summed E-state index contributed by atoms with van der Waals surface area (Å²) in [7, 11) is 0. The van der Waals surface area contributed by atoms with Gasteiger partial charge in [0.1, 0.15) is 0 Å². The van der Waals surface area contributed by atoms with Gasteiger partial charge in [0.05, 0.1) is 12.2 Å². The Balaban J connectivity index is 0.00000210. The minimum atomic E-state index is -0.0315. The molecule has 0 aliphatic carbocycles. The van der Waals surface area contributed by atoms with Gasteiger partial charge >= 0.3 is 0 Å². The third-order valence-electron chi connectivity index (χ3n) is 5.15. The molecule has 0 atom stereocenters. The number of anilines is 1. The van der Waals surface area contributed by atoms with Gasteiger partial charge in [-0.15, -0.1) is 17.5 Å². The number of halogens is 2. The summed E-state index contributed by atoms with van der Waals surface area (Å²) < 4.78 is 1.86. The number of hydrogen-bond acceptors (Lipinski definition) is 5. The van der Waals surface area contributed by atoms with E-state index in [1.807, 2.05) is 40.0 Å². The summed E-state index contributed by atoms with van der Waals surface area (Å²) in [5.41, 5.74) is 1.54. The van der Waals surface area contributed by atoms with Crippen molar-refractivity contribution in [2.24, 2.45) is 0 Å². The van der Waals surface area contributed by atoms with E-state index in [4.69, 9.17) is 11.6 Å². The highest BCUT2D eigenvalue weighted by atomic mass is 35.5. The van der Waals surface area contributed by atoms with E-state index in [0.29, 0.717) is 24.8 Å². The van der Waals surface area contributed by atoms with Crippen molar-refractivity contribution in [3.05, 3.63) is 41.2 Å². The highest BCUT2D eigenvalue weighted by Crippen LogP contribution is 2.21. The monoisotopic (exact) mass is 410 g/mol. The van der Waals surface area contributed by atoms with Gasteiger partial charge < -0.3 is 15.1 Å². The Morgan fingerprint density at radius 3 is 2.59 bits per heavy atom. The standard InChI is InChI=1S/C18H23ClN6O.ClH/c19-14-2-1-3-16(12-14)23-8-10-24(11-9-23)18(26)17-13-25(22-21-17)15-4-6-20-7-5-15;/h1-3,12-13,15,20H,4-11H2;1H. The SMILES string of the molecule is Cl.O=C(c1cn(C2CCNCC2)nn1)N1CCN(c2cccc(Cl)c2)CC1. The van der Waals surface area contributed by atoms with Crippen LogP contribution in [0, 0.1) is 0 Å². The molecule has 1 amide bonds. The molecule has 1 aromatic heterocycles. The smallest absolute Gasteiger partial charge is 0.276 e. The normalized spacial score (nSPS) is 18.3. The fraction of sp³-hybridized carbons (Fsp3) is 0.500. The summed E-state index contributed by atoms with van der Waals surface area (Å²) in [5, 5.41) is 12.4. The molecule has 2 aliphatic rings. The second kappa shape index (κ2) is 8.91. The highest BCUT2D eigenvalue weighted by Gasteiger charge is 2.25. The summed E-state index contributed by atoms with van der Waals surface area (Å²) in [6, 6.07) is 8.17. The van der Waals surface area contributed by atoms with Gasteiger partial charge in [-0.05, 0) is 44.1 Å². The van der Waals surface area contributed by atoms with Crippen molar-refractivity contribution in [1.82, 2.24) is 25.2 Å². The Morgan fingerprint density at radius 2 is 1.89 bits per heavy atom. The van der Waals surface area contributed by atoms with Crippen LogP contribution in [-0.4, -0.2) is 65.1 Å². The van der Waals surface area contributed by atoms with Crippen LogP contribution < -0.4 is 10.2 Å². The Labute approximate surface area is 170 Å². The lowest BCUT2D eigenvalue weighted by Gasteiger charge is -2.35. The first-order chi connectivity index (χ1) is 12.7. The summed E-state index contributed by atoms with van der Waals surface area (Å²) >= 11 is 6.08. The number of hydrogen-bond donors (Lipinski definition) is 1. The molecule has 0 radical (unpaired) electrons. The molecule has 2 aliphatic heterocycles. The number of piperazine rings is 1. The number of nitrogens with zero attached hydrogens (tertiary/aromatic N) is 5. The Hall–Kier alpha value is -1.83. The zero-order valence-electron chi connectivity index (χ0n) is 15.1. The Bertz CT molecular complexity index is 769. The summed E-state index contributed by atoms with van der Waals surface area (Å²) in [6.45, 7) is 4.89. The van der Waals surface area contributed by atoms with E-state index >= 15 is 0 Å². The molecular weight excluding hydrogens is 387 g/mol. The van der Waals surface area contributed by atoms with Crippen molar-refractivity contribution >= 4 is 35.6 Å². The van der Waals surface area contributed by atoms with E-state index < -0.39 is 0 Å². The number of nitrogens with one attached hydrogen (secondary N) is 1. The molecule has 2 fully saturated rings. The van der Waals surface area contributed by atoms with Crippen LogP contribution in [0.1, 0.15) is 29.4 Å². The average Bonchev–Trinajstić information content (AvgIpc) is 3.18. The van der Waals surface area contributed by atoms with Crippen molar-refractivity contribution in [2.75, 3.05) is 44.2 Å². The fourth-order valence-corrected chi connectivity index (χ4v) is 3.81. The zero-order chi connectivity index (χ0) is 17.9. The first kappa shape index (κ1) is 19.9. The number of benzene rings is 1. The lowest BCUT2D eigenvalue weighted by Crippen LogP contribution is -2.48. The maximum absolute atomic E-state index is 12.8. The molecule has 1 N–H and O–H groups in total. The molecule has 2 saturated heterocycles. The third-order valence-corrected chi connectivity index (χ3v) is 5.39. The largest absolute Gasteiger partial charge is 0.368 e. The van der Waals surface area contributed by atoms with Crippen LogP contribution in [0.3, 0.4) is 0 Å². The Kier molecular flexibility index (Phi) is 6.57. The lowest BCUT2D eigenvalue weighted by atomic mass is 10.1. The van der Waals surface area contributed by atoms with Gasteiger partial charge in [-0.1, -0.05) is 22.9 Å². The van der Waals surface area contributed by atoms with Gasteiger partial charge in [0.25, 0.3) is 5.91 Å². The number of carbonyl (C=O) groups is 1. The van der Waals surface area contributed by atoms with E-state index in [0.717, 1.165) is 49.7 Å². The van der Waals surface area contributed by atoms with Gasteiger partial charge in [0.2, 0.25) is 0 Å². The van der Waals surface area contributed by atoms with Crippen LogP contribution in [-0.2, 0) is 0 Å². The number of rotatable bonds is 3. The number of piperidine rings is 1. The van der Waals surface area contributed by atoms with E-state index in [1.165, 1.54) is 0 Å². The number of amides is 1. The molecule has 3 heterocycles. The quantitative estimate of drug-likeness (QED) is 0.840. The van der Waals surface area contributed by atoms with Crippen LogP contribution in [0.15, 0.2) is 30.5 Å². The van der Waals surface area contributed by atoms with Crippen LogP contribution >= 0.6 is 24.0 Å². The van der Waals surface area contributed by atoms with Gasteiger partial charge in [-0.25, -0.2) is 4.68 Å². The van der Waals surface area contributed by atoms with Gasteiger partial charge in [-0.2, -0.15) is 0 Å². The first-order valence-electron chi connectivity index (χ1n) is 9.13. The number of carbonyl (C=O) groups excluding carboxylic acids is 1. The average molecular weight is 411 g/mol. The molecular formula is C18H24Cl2N6O. The van der Waals surface area contributed by atoms with E-state index in [9.17, 15) is 4.79 Å². The topological polar surface area (TPSA) is 66.3 Å². The molecule has 2 aromatic rings. The van der Waals surface area contributed by atoms with Crippen LogP contribution in [0.5, 0.6) is 0 Å². The minimum absolute atomic E-state index is 0. The summed E-state index contributed by atoms with van der Waals surface area (Å²) in [5.74, 6) is -0.0315. The minimum Gasteiger partial charge on any atom is -0.368 e. The maximum atomic E-state index is 12.8. The van der Waals surface area contributed by atoms with Crippen molar-refractivity contribution in [1.29, 1.82) is 0 Å². The molecule has 1 aromatic carbocycles. The molecule has 0 unspecified atom stereocenters. The van der Waals surface area contributed by atoms with Gasteiger partial charge in [0, 0.05) is 36.9 Å². The predicted molar refractivity (Wildman–Crippen MR) is 108 cm³/mol. The predicted octanol–water partition coefficient (Wildman–Crippen LogP) is 2.24. The second-order valence-electron chi connectivity index (χ2n) is 6.82. The fourth-order valence-electron chi connectivity index (χ4n) is 3.63. The molecule has 0 saturated carbocycles. The van der Waals surface area contributed by atoms with Crippen molar-refractivity contribution in [3.8, 4) is 0 Å². The lowest BCUT2D eigenvalue weighted by molar-refractivity contribution is 0.0740. The van der Waals surface area contributed by atoms with Crippen LogP contribution in [0.2, 0.25) is 5.02 Å². The van der Waals surface area contributed by atoms with Crippen LogP contribution in [0.25, 0.3) is 0 Å². The third kappa shape index (κ3) is 4.54. The van der Waals surface area contributed by atoms with E-state index in [2.05, 4.69) is 20.5 Å². The Morgan fingerprint density at radius 1 is 1.15 bits per heavy atom. The van der Waals surface area contributed by atoms with E-state index in [1.54, 1.807) is 0 Å². The molecule has 27 heavy (non-hydrogen) atoms. The van der Waals surface area contributed by atoms with Crippen molar-refractivity contribution < 1.29 is 4.79 Å². The zero-order valence-corrected chi connectivity index (χ0v) is 16.6. The van der Waals surface area contributed by atoms with Crippen LogP contribution in [0.4, 0.5) is 5.69 Å². The molecule has 9 heteroatoms. The number of aromatic nitrogens is 3. The first-order valence-corrected chi connectivity index (χ1v) is 9.51. The van der Waals surface area contributed by atoms with Gasteiger partial charge in [0.15, 0.2) is 5.69 Å². The van der Waals surface area contributed by atoms with E-state index in [-0.39, 0.29) is 18.3 Å². The second-order valence-corrected chi connectivity index (χ2v) is 7.26.